The summed E-state index contributed by atoms with van der Waals surface area (Å²) in [4.78, 5) is 21.7. The van der Waals surface area contributed by atoms with Crippen LogP contribution in [0.5, 0.6) is 5.75 Å². The molecule has 158 valence electrons. The first kappa shape index (κ1) is 21.8. The second kappa shape index (κ2) is 9.00. The maximum absolute atomic E-state index is 13.1. The van der Waals surface area contributed by atoms with E-state index in [9.17, 15) is 4.79 Å². The highest BCUT2D eigenvalue weighted by molar-refractivity contribution is 9.10. The number of nitrogens with zero attached hydrogens (tertiary/aromatic N) is 2. The van der Waals surface area contributed by atoms with Crippen LogP contribution in [0.3, 0.4) is 0 Å². The number of ether oxygens (including phenoxy) is 1. The molecule has 0 bridgehead atoms. The van der Waals surface area contributed by atoms with Crippen molar-refractivity contribution < 1.29 is 9.53 Å². The van der Waals surface area contributed by atoms with Gasteiger partial charge in [0.05, 0.1) is 38.1 Å². The van der Waals surface area contributed by atoms with Gasteiger partial charge in [0.25, 0.3) is 5.91 Å². The molecule has 0 aliphatic heterocycles. The van der Waals surface area contributed by atoms with E-state index in [-0.39, 0.29) is 16.6 Å². The average Bonchev–Trinajstić information content (AvgIpc) is 3.22. The molecule has 0 unspecified atom stereocenters. The highest BCUT2D eigenvalue weighted by Crippen LogP contribution is 2.46. The molecule has 0 saturated carbocycles. The Morgan fingerprint density at radius 3 is 2.61 bits per heavy atom. The van der Waals surface area contributed by atoms with Crippen molar-refractivity contribution in [2.75, 3.05) is 17.7 Å². The van der Waals surface area contributed by atoms with Gasteiger partial charge in [-0.2, -0.15) is 0 Å². The van der Waals surface area contributed by atoms with Crippen molar-refractivity contribution in [2.45, 2.75) is 6.92 Å². The lowest BCUT2D eigenvalue weighted by atomic mass is 10.2. The zero-order chi connectivity index (χ0) is 22.1. The molecule has 0 fully saturated rings. The largest absolute Gasteiger partial charge is 0.494 e. The Morgan fingerprint density at radius 2 is 1.90 bits per heavy atom. The van der Waals surface area contributed by atoms with Crippen LogP contribution in [0.4, 0.5) is 17.2 Å². The van der Waals surface area contributed by atoms with Crippen LogP contribution in [0.2, 0.25) is 10.0 Å². The number of aromatic nitrogens is 2. The number of hydrogen-bond donors (Lipinski definition) is 2. The molecule has 6 nitrogen and oxygen atoms in total. The van der Waals surface area contributed by atoms with Gasteiger partial charge < -0.3 is 15.4 Å². The summed E-state index contributed by atoms with van der Waals surface area (Å²) in [5.41, 5.74) is 2.79. The van der Waals surface area contributed by atoms with Crippen LogP contribution < -0.4 is 15.4 Å². The number of rotatable bonds is 5. The fourth-order valence-electron chi connectivity index (χ4n) is 2.99. The fraction of sp³-hybridized carbons (Fsp3) is 0.0952. The molecule has 0 saturated heterocycles. The number of fused-ring (bicyclic) bond motifs is 1. The number of carbonyl (C=O) groups excluding carboxylic acids is 1. The van der Waals surface area contributed by atoms with E-state index in [1.165, 1.54) is 24.8 Å². The molecule has 0 spiro atoms. The molecule has 2 aromatic heterocycles. The summed E-state index contributed by atoms with van der Waals surface area (Å²) >= 11 is 17.7. The third kappa shape index (κ3) is 4.08. The Balaban J connectivity index is 1.70. The molecule has 2 aromatic carbocycles. The van der Waals surface area contributed by atoms with Gasteiger partial charge >= 0.3 is 0 Å². The summed E-state index contributed by atoms with van der Waals surface area (Å²) in [5, 5.41) is 8.33. The van der Waals surface area contributed by atoms with Gasteiger partial charge in [0.15, 0.2) is 11.6 Å². The molecule has 2 heterocycles. The van der Waals surface area contributed by atoms with E-state index in [4.69, 9.17) is 27.9 Å². The number of halogens is 3. The van der Waals surface area contributed by atoms with Crippen LogP contribution in [0, 0.1) is 6.92 Å². The predicted molar refractivity (Wildman–Crippen MR) is 131 cm³/mol. The van der Waals surface area contributed by atoms with Crippen LogP contribution in [-0.2, 0) is 0 Å². The highest BCUT2D eigenvalue weighted by atomic mass is 79.9. The smallest absolute Gasteiger partial charge is 0.258 e. The first-order chi connectivity index (χ1) is 14.9. The Hall–Kier alpha value is -2.39. The lowest BCUT2D eigenvalue weighted by Gasteiger charge is -2.16. The number of benzene rings is 2. The molecule has 10 heteroatoms. The minimum absolute atomic E-state index is 0.207. The highest BCUT2D eigenvalue weighted by Gasteiger charge is 2.23. The molecule has 1 amide bonds. The van der Waals surface area contributed by atoms with Crippen molar-refractivity contribution in [2.24, 2.45) is 0 Å². The fourth-order valence-corrected chi connectivity index (χ4v) is 5.32. The Bertz CT molecular complexity index is 1300. The van der Waals surface area contributed by atoms with Crippen LogP contribution >= 0.6 is 50.5 Å². The number of carbonyl (C=O) groups is 1. The molecule has 2 N–H and O–H groups in total. The van der Waals surface area contributed by atoms with E-state index in [2.05, 4.69) is 36.5 Å². The van der Waals surface area contributed by atoms with Crippen molar-refractivity contribution >= 4 is 83.8 Å². The second-order valence-electron chi connectivity index (χ2n) is 6.47. The zero-order valence-corrected chi connectivity index (χ0v) is 20.2. The van der Waals surface area contributed by atoms with Gasteiger partial charge in [0.2, 0.25) is 0 Å². The van der Waals surface area contributed by atoms with Crippen LogP contribution in [0.25, 0.3) is 10.2 Å². The molecular formula is C21H15BrCl2N4O2S. The zero-order valence-electron chi connectivity index (χ0n) is 16.3. The van der Waals surface area contributed by atoms with Gasteiger partial charge in [-0.15, -0.1) is 11.3 Å². The Labute approximate surface area is 200 Å². The lowest BCUT2D eigenvalue weighted by Crippen LogP contribution is -2.13. The normalized spacial score (nSPS) is 10.9. The molecule has 0 aliphatic rings. The molecule has 4 aromatic rings. The first-order valence-electron chi connectivity index (χ1n) is 8.99. The summed E-state index contributed by atoms with van der Waals surface area (Å²) in [6.45, 7) is 1.80. The minimum atomic E-state index is -0.386. The maximum atomic E-state index is 13.1. The summed E-state index contributed by atoms with van der Waals surface area (Å²) in [6, 6.07) is 9.65. The SMILES string of the molecule is COc1c(Cl)c(NC(=O)c2csc3c(Nc4ccccc4)ncnc23)c(Cl)c(C)c1Br. The number of hydrogen-bond acceptors (Lipinski definition) is 6. The average molecular weight is 538 g/mol. The summed E-state index contributed by atoms with van der Waals surface area (Å²) in [7, 11) is 1.50. The van der Waals surface area contributed by atoms with E-state index in [0.29, 0.717) is 37.7 Å². The van der Waals surface area contributed by atoms with Crippen LogP contribution in [0.15, 0.2) is 46.5 Å². The molecule has 0 radical (unpaired) electrons. The maximum Gasteiger partial charge on any atom is 0.258 e. The van der Waals surface area contributed by atoms with E-state index in [1.807, 2.05) is 30.3 Å². The van der Waals surface area contributed by atoms with E-state index < -0.39 is 0 Å². The van der Waals surface area contributed by atoms with E-state index in [1.54, 1.807) is 12.3 Å². The van der Waals surface area contributed by atoms with Gasteiger partial charge in [-0.25, -0.2) is 9.97 Å². The second-order valence-corrected chi connectivity index (χ2v) is 8.90. The first-order valence-corrected chi connectivity index (χ1v) is 11.4. The summed E-state index contributed by atoms with van der Waals surface area (Å²) in [5.74, 6) is 0.631. The number of para-hydroxylation sites is 1. The molecule has 0 atom stereocenters. The monoisotopic (exact) mass is 536 g/mol. The van der Waals surface area contributed by atoms with Crippen LogP contribution in [-0.4, -0.2) is 23.0 Å². The van der Waals surface area contributed by atoms with Crippen molar-refractivity contribution in [1.29, 1.82) is 0 Å². The summed E-state index contributed by atoms with van der Waals surface area (Å²) < 4.78 is 6.75. The Morgan fingerprint density at radius 1 is 1.16 bits per heavy atom. The van der Waals surface area contributed by atoms with Gasteiger partial charge in [-0.1, -0.05) is 41.4 Å². The van der Waals surface area contributed by atoms with Crippen molar-refractivity contribution in [1.82, 2.24) is 9.97 Å². The predicted octanol–water partition coefficient (Wildman–Crippen LogP) is 7.07. The number of thiophene rings is 1. The van der Waals surface area contributed by atoms with Crippen molar-refractivity contribution in [3.63, 3.8) is 0 Å². The van der Waals surface area contributed by atoms with Gasteiger partial charge in [0.1, 0.15) is 11.3 Å². The standard InChI is InChI=1S/C21H15BrCl2N4O2S/c1-10-13(22)18(30-2)15(24)17(14(10)23)28-21(29)12-8-31-19-16(12)25-9-26-20(19)27-11-6-4-3-5-7-11/h3-9H,1-2H3,(H,28,29)(H,25,26,27). The van der Waals surface area contributed by atoms with Crippen LogP contribution in [0.1, 0.15) is 15.9 Å². The number of anilines is 3. The molecule has 31 heavy (non-hydrogen) atoms. The van der Waals surface area contributed by atoms with E-state index >= 15 is 0 Å². The van der Waals surface area contributed by atoms with Gasteiger partial charge in [-0.05, 0) is 40.5 Å². The number of methoxy groups -OCH3 is 1. The number of nitrogens with one attached hydrogen (secondary N) is 2. The quantitative estimate of drug-likeness (QED) is 0.284. The third-order valence-corrected chi connectivity index (χ3v) is 7.34. The Kier molecular flexibility index (Phi) is 6.34. The van der Waals surface area contributed by atoms with E-state index in [0.717, 1.165) is 10.4 Å². The lowest BCUT2D eigenvalue weighted by molar-refractivity contribution is 0.102. The number of amides is 1. The van der Waals surface area contributed by atoms with Gasteiger partial charge in [-0.3, -0.25) is 4.79 Å². The topological polar surface area (TPSA) is 76.1 Å². The summed E-state index contributed by atoms with van der Waals surface area (Å²) in [6.07, 6.45) is 1.42. The molecular weight excluding hydrogens is 523 g/mol. The molecule has 4 rings (SSSR count). The van der Waals surface area contributed by atoms with Crippen molar-refractivity contribution in [3.8, 4) is 5.75 Å². The van der Waals surface area contributed by atoms with Gasteiger partial charge in [0, 0.05) is 11.1 Å². The molecule has 0 aliphatic carbocycles. The van der Waals surface area contributed by atoms with Crippen molar-refractivity contribution in [3.05, 3.63) is 67.7 Å². The third-order valence-electron chi connectivity index (χ3n) is 4.57. The minimum Gasteiger partial charge on any atom is -0.494 e.